The molecule has 0 aliphatic heterocycles. The zero-order valence-corrected chi connectivity index (χ0v) is 20.4. The van der Waals surface area contributed by atoms with E-state index >= 15 is 0 Å². The van der Waals surface area contributed by atoms with Crippen LogP contribution in [-0.2, 0) is 25.6 Å². The Morgan fingerprint density at radius 2 is 1.70 bits per heavy atom. The van der Waals surface area contributed by atoms with E-state index in [1.807, 2.05) is 43.3 Å². The molecular weight excluding hydrogens is 478 g/mol. The average molecular weight is 506 g/mol. The number of phenols is 1. The van der Waals surface area contributed by atoms with Crippen LogP contribution in [0.5, 0.6) is 5.75 Å². The number of hydrogen-bond acceptors (Lipinski definition) is 9. The van der Waals surface area contributed by atoms with Crippen LogP contribution < -0.4 is 16.4 Å². The van der Waals surface area contributed by atoms with Crippen molar-refractivity contribution in [3.05, 3.63) is 41.5 Å². The van der Waals surface area contributed by atoms with Crippen LogP contribution in [0.4, 0.5) is 11.4 Å². The van der Waals surface area contributed by atoms with Crippen LogP contribution in [0.3, 0.4) is 0 Å². The maximum atomic E-state index is 13.7. The Hall–Kier alpha value is -4.05. The van der Waals surface area contributed by atoms with Gasteiger partial charge in [-0.2, -0.15) is 0 Å². The van der Waals surface area contributed by atoms with Gasteiger partial charge in [0, 0.05) is 32.1 Å². The number of nitrogens with two attached hydrogens (primary N) is 2. The fourth-order valence-corrected chi connectivity index (χ4v) is 6.25. The number of carbonyl (C=O) groups is 5. The van der Waals surface area contributed by atoms with Crippen LogP contribution >= 0.6 is 0 Å². The second kappa shape index (κ2) is 8.24. The van der Waals surface area contributed by atoms with Gasteiger partial charge in [-0.15, -0.1) is 0 Å². The number of nitrogens with zero attached hydrogens (tertiary/aromatic N) is 1. The lowest BCUT2D eigenvalue weighted by molar-refractivity contribution is -0.175. The topological polar surface area (TPSA) is 181 Å². The van der Waals surface area contributed by atoms with Crippen molar-refractivity contribution in [2.45, 2.75) is 24.9 Å². The van der Waals surface area contributed by atoms with Gasteiger partial charge in [-0.1, -0.05) is 12.1 Å². The Balaban J connectivity index is 1.62. The number of carbonyl (C=O) groups excluding carboxylic acids is 5. The summed E-state index contributed by atoms with van der Waals surface area (Å²) in [5.41, 5.74) is 11.3. The van der Waals surface area contributed by atoms with E-state index in [0.717, 1.165) is 11.3 Å². The van der Waals surface area contributed by atoms with Gasteiger partial charge in [0.15, 0.2) is 34.7 Å². The van der Waals surface area contributed by atoms with Crippen molar-refractivity contribution >= 4 is 40.4 Å². The summed E-state index contributed by atoms with van der Waals surface area (Å²) in [5, 5.41) is 22.1. The number of phenolic OH excluding ortho intramolecular Hbond substituents is 1. The lowest BCUT2D eigenvalue weighted by Crippen LogP contribution is -2.68. The molecule has 0 spiro atoms. The minimum Gasteiger partial charge on any atom is -0.505 e. The number of aliphatic hydroxyl groups is 1. The number of aromatic hydroxyl groups is 1. The van der Waals surface area contributed by atoms with Crippen molar-refractivity contribution in [2.24, 2.45) is 29.4 Å². The van der Waals surface area contributed by atoms with E-state index in [-0.39, 0.29) is 30.5 Å². The molecule has 3 aliphatic rings. The molecule has 5 atom stereocenters. The summed E-state index contributed by atoms with van der Waals surface area (Å²) in [5.74, 6) is -10.6. The van der Waals surface area contributed by atoms with Crippen LogP contribution in [-0.4, -0.2) is 58.9 Å². The van der Waals surface area contributed by atoms with Gasteiger partial charge in [0.05, 0.1) is 17.2 Å². The Labute approximate surface area is 212 Å². The summed E-state index contributed by atoms with van der Waals surface area (Å²) in [4.78, 5) is 66.6. The number of rotatable bonds is 3. The van der Waals surface area contributed by atoms with E-state index in [4.69, 9.17) is 11.5 Å². The predicted octanol–water partition coefficient (Wildman–Crippen LogP) is 0.642. The maximum Gasteiger partial charge on any atom is 0.235 e. The van der Waals surface area contributed by atoms with Crippen molar-refractivity contribution in [3.8, 4) is 16.9 Å². The van der Waals surface area contributed by atoms with Crippen molar-refractivity contribution < 1.29 is 34.2 Å². The molecule has 3 aliphatic carbocycles. The lowest BCUT2D eigenvalue weighted by Gasteiger charge is -2.48. The molecule has 0 bridgehead atoms. The third-order valence-electron chi connectivity index (χ3n) is 8.13. The molecule has 1 amide bonds. The summed E-state index contributed by atoms with van der Waals surface area (Å²) in [6.07, 6.45) is -0.160. The fraction of sp³-hybridized carbons (Fsp3) is 0.370. The molecule has 2 fully saturated rings. The van der Waals surface area contributed by atoms with Crippen molar-refractivity contribution in [2.75, 3.05) is 24.7 Å². The van der Waals surface area contributed by atoms with E-state index < -0.39 is 64.1 Å². The number of nitrogen functional groups attached to an aromatic ring is 1. The first-order chi connectivity index (χ1) is 17.4. The number of primary amides is 1. The summed E-state index contributed by atoms with van der Waals surface area (Å²) in [6, 6.07) is 9.11. The Bertz CT molecular complexity index is 1400. The fourth-order valence-electron chi connectivity index (χ4n) is 6.25. The van der Waals surface area contributed by atoms with Crippen LogP contribution in [0, 0.1) is 23.7 Å². The van der Waals surface area contributed by atoms with Crippen LogP contribution in [0.2, 0.25) is 0 Å². The summed E-state index contributed by atoms with van der Waals surface area (Å²) in [6.45, 7) is 0. The molecule has 10 heteroatoms. The second-order valence-electron chi connectivity index (χ2n) is 10.4. The lowest BCUT2D eigenvalue weighted by atomic mass is 9.53. The van der Waals surface area contributed by atoms with Crippen LogP contribution in [0.1, 0.15) is 28.8 Å². The van der Waals surface area contributed by atoms with E-state index in [0.29, 0.717) is 11.1 Å². The molecule has 2 saturated carbocycles. The minimum absolute atomic E-state index is 0.0329. The Kier molecular flexibility index (Phi) is 5.49. The summed E-state index contributed by atoms with van der Waals surface area (Å²) < 4.78 is 0. The quantitative estimate of drug-likeness (QED) is 0.264. The molecular formula is C27H27N3O7. The predicted molar refractivity (Wildman–Crippen MR) is 133 cm³/mol. The standard InChI is InChI=1S/C27H27N3O7/c1-30(2)14-5-3-11(4-6-14)15-10-17(28)22(32)20-16(15)8-12-7-13-9-18(31)21(26(29)36)25(35)27(13,37)24(34)19(12)23(20)33/h3-6,10,12-13,19,21,32,37H,7-9,28H2,1-2H3,(H2,29,36)/t12-,13+,19?,21?,27+/m1/s1. The third kappa shape index (κ3) is 3.39. The molecule has 10 nitrogen and oxygen atoms in total. The zero-order chi connectivity index (χ0) is 27.0. The summed E-state index contributed by atoms with van der Waals surface area (Å²) in [7, 11) is 3.81. The van der Waals surface area contributed by atoms with Crippen molar-refractivity contribution in [1.82, 2.24) is 0 Å². The van der Waals surface area contributed by atoms with Gasteiger partial charge in [0.1, 0.15) is 5.75 Å². The molecule has 0 radical (unpaired) electrons. The van der Waals surface area contributed by atoms with Gasteiger partial charge < -0.3 is 26.6 Å². The minimum atomic E-state index is -2.68. The number of fused-ring (bicyclic) bond motifs is 3. The first-order valence-corrected chi connectivity index (χ1v) is 12.0. The highest BCUT2D eigenvalue weighted by Gasteiger charge is 2.66. The summed E-state index contributed by atoms with van der Waals surface area (Å²) >= 11 is 0. The number of anilines is 2. The van der Waals surface area contributed by atoms with E-state index in [1.165, 1.54) is 0 Å². The first-order valence-electron chi connectivity index (χ1n) is 12.0. The highest BCUT2D eigenvalue weighted by Crippen LogP contribution is 2.52. The maximum absolute atomic E-state index is 13.7. The Morgan fingerprint density at radius 1 is 1.05 bits per heavy atom. The van der Waals surface area contributed by atoms with E-state index in [1.54, 1.807) is 6.07 Å². The normalized spacial score (nSPS) is 28.8. The molecule has 2 aromatic carbocycles. The molecule has 0 saturated heterocycles. The van der Waals surface area contributed by atoms with Crippen molar-refractivity contribution in [1.29, 1.82) is 0 Å². The molecule has 2 aromatic rings. The molecule has 0 aromatic heterocycles. The molecule has 2 unspecified atom stereocenters. The van der Waals surface area contributed by atoms with Gasteiger partial charge in [0.2, 0.25) is 5.91 Å². The number of Topliss-reactive ketones (excluding diaryl/α,β-unsaturated/α-hetero) is 4. The highest BCUT2D eigenvalue weighted by atomic mass is 16.3. The Morgan fingerprint density at radius 3 is 2.30 bits per heavy atom. The van der Waals surface area contributed by atoms with Crippen molar-refractivity contribution in [3.63, 3.8) is 0 Å². The van der Waals surface area contributed by atoms with Gasteiger partial charge in [-0.25, -0.2) is 0 Å². The van der Waals surface area contributed by atoms with Gasteiger partial charge >= 0.3 is 0 Å². The first kappa shape index (κ1) is 24.6. The van der Waals surface area contributed by atoms with Gasteiger partial charge in [-0.3, -0.25) is 24.0 Å². The number of hydrogen-bond donors (Lipinski definition) is 4. The SMILES string of the molecule is CN(C)c1ccc(-c2cc(N)c(O)c3c2C[C@H]2C[C@H]4CC(=O)C(C(N)=O)C(=O)[C@@]4(O)C(=O)C2C3=O)cc1. The largest absolute Gasteiger partial charge is 0.505 e. The smallest absolute Gasteiger partial charge is 0.235 e. The van der Waals surface area contributed by atoms with Gasteiger partial charge in [-0.05, 0) is 53.6 Å². The number of ketones is 4. The third-order valence-corrected chi connectivity index (χ3v) is 8.13. The average Bonchev–Trinajstić information content (AvgIpc) is 2.83. The van der Waals surface area contributed by atoms with E-state index in [9.17, 15) is 34.2 Å². The number of benzene rings is 2. The molecule has 5 rings (SSSR count). The monoisotopic (exact) mass is 505 g/mol. The van der Waals surface area contributed by atoms with Crippen LogP contribution in [0.15, 0.2) is 30.3 Å². The number of amides is 1. The molecule has 6 N–H and O–H groups in total. The van der Waals surface area contributed by atoms with E-state index in [2.05, 4.69) is 0 Å². The zero-order valence-electron chi connectivity index (χ0n) is 20.4. The molecule has 192 valence electrons. The molecule has 37 heavy (non-hydrogen) atoms. The van der Waals surface area contributed by atoms with Crippen LogP contribution in [0.25, 0.3) is 11.1 Å². The second-order valence-corrected chi connectivity index (χ2v) is 10.4. The highest BCUT2D eigenvalue weighted by molar-refractivity contribution is 6.31. The van der Waals surface area contributed by atoms with Gasteiger partial charge in [0.25, 0.3) is 0 Å². The molecule has 0 heterocycles.